The van der Waals surface area contributed by atoms with Crippen LogP contribution in [0.5, 0.6) is 0 Å². The van der Waals surface area contributed by atoms with Gasteiger partial charge in [0.15, 0.2) is 6.10 Å². The zero-order valence-corrected chi connectivity index (χ0v) is 59.7. The first-order chi connectivity index (χ1) is 44.8. The summed E-state index contributed by atoms with van der Waals surface area (Å²) in [7, 11) is -4.41. The molecule has 9 nitrogen and oxygen atoms in total. The Morgan fingerprint density at radius 2 is 0.604 bits per heavy atom. The number of hydrogen-bond acceptors (Lipinski definition) is 8. The summed E-state index contributed by atoms with van der Waals surface area (Å²) in [5.74, 6) is -0.832. The molecular formula is C81H140NO8P. The summed E-state index contributed by atoms with van der Waals surface area (Å²) in [5, 5.41) is 0. The Labute approximate surface area is 561 Å². The number of ether oxygens (including phenoxy) is 2. The third-order valence-corrected chi connectivity index (χ3v) is 17.0. The Bertz CT molecular complexity index is 1960. The van der Waals surface area contributed by atoms with E-state index in [-0.39, 0.29) is 38.6 Å². The van der Waals surface area contributed by atoms with Crippen LogP contribution in [-0.4, -0.2) is 49.3 Å². The monoisotopic (exact) mass is 1290 g/mol. The molecule has 0 amide bonds. The van der Waals surface area contributed by atoms with Crippen LogP contribution in [0.25, 0.3) is 0 Å². The molecule has 0 rings (SSSR count). The number of allylic oxidation sites excluding steroid dienone is 22. The van der Waals surface area contributed by atoms with Crippen LogP contribution in [0.4, 0.5) is 0 Å². The highest BCUT2D eigenvalue weighted by molar-refractivity contribution is 7.47. The van der Waals surface area contributed by atoms with Gasteiger partial charge in [0.2, 0.25) is 0 Å². The molecule has 0 fully saturated rings. The number of carbonyl (C=O) groups excluding carboxylic acids is 2. The Morgan fingerprint density at radius 1 is 0.341 bits per heavy atom. The van der Waals surface area contributed by atoms with Gasteiger partial charge in [0.1, 0.15) is 6.61 Å². The molecule has 91 heavy (non-hydrogen) atoms. The number of phosphoric ester groups is 1. The van der Waals surface area contributed by atoms with Crippen molar-refractivity contribution in [2.45, 2.75) is 341 Å². The number of hydrogen-bond donors (Lipinski definition) is 2. The Hall–Kier alpha value is -3.85. The first-order valence-corrected chi connectivity index (χ1v) is 39.2. The smallest absolute Gasteiger partial charge is 0.462 e. The predicted molar refractivity (Wildman–Crippen MR) is 394 cm³/mol. The normalized spacial score (nSPS) is 13.7. The predicted octanol–water partition coefficient (Wildman–Crippen LogP) is 25.2. The fourth-order valence-corrected chi connectivity index (χ4v) is 11.3. The van der Waals surface area contributed by atoms with E-state index in [2.05, 4.69) is 148 Å². The molecular weight excluding hydrogens is 1150 g/mol. The lowest BCUT2D eigenvalue weighted by atomic mass is 10.0. The van der Waals surface area contributed by atoms with Gasteiger partial charge in [-0.25, -0.2) is 4.57 Å². The van der Waals surface area contributed by atoms with Crippen LogP contribution >= 0.6 is 7.82 Å². The molecule has 0 saturated carbocycles. The molecule has 2 unspecified atom stereocenters. The Balaban J connectivity index is 3.88. The van der Waals surface area contributed by atoms with Crippen molar-refractivity contribution in [3.8, 4) is 0 Å². The molecule has 0 aliphatic heterocycles. The first-order valence-electron chi connectivity index (χ1n) is 37.7. The number of phosphoric acid groups is 1. The van der Waals surface area contributed by atoms with Gasteiger partial charge < -0.3 is 20.1 Å². The number of esters is 2. The highest BCUT2D eigenvalue weighted by Crippen LogP contribution is 2.43. The van der Waals surface area contributed by atoms with Crippen molar-refractivity contribution in [3.05, 3.63) is 134 Å². The second kappa shape index (κ2) is 75.2. The van der Waals surface area contributed by atoms with E-state index in [1.165, 1.54) is 193 Å². The fourth-order valence-electron chi connectivity index (χ4n) is 10.5. The van der Waals surface area contributed by atoms with E-state index < -0.39 is 26.5 Å². The van der Waals surface area contributed by atoms with Crippen LogP contribution in [0.3, 0.4) is 0 Å². The molecule has 0 saturated heterocycles. The third kappa shape index (κ3) is 75.1. The number of nitrogens with two attached hydrogens (primary N) is 1. The van der Waals surface area contributed by atoms with Crippen molar-refractivity contribution in [2.75, 3.05) is 26.4 Å². The van der Waals surface area contributed by atoms with E-state index in [9.17, 15) is 19.0 Å². The molecule has 0 radical (unpaired) electrons. The van der Waals surface area contributed by atoms with Gasteiger partial charge in [0, 0.05) is 19.4 Å². The van der Waals surface area contributed by atoms with E-state index in [0.717, 1.165) is 109 Å². The molecule has 0 aromatic rings. The molecule has 2 atom stereocenters. The highest BCUT2D eigenvalue weighted by Gasteiger charge is 2.26. The van der Waals surface area contributed by atoms with E-state index in [0.29, 0.717) is 6.42 Å². The maximum atomic E-state index is 12.8. The summed E-state index contributed by atoms with van der Waals surface area (Å²) < 4.78 is 33.2. The van der Waals surface area contributed by atoms with Crippen molar-refractivity contribution in [1.82, 2.24) is 0 Å². The quantitative estimate of drug-likeness (QED) is 0.0264. The summed E-state index contributed by atoms with van der Waals surface area (Å²) in [6.07, 6.45) is 107. The van der Waals surface area contributed by atoms with Crippen LogP contribution in [0.15, 0.2) is 134 Å². The molecule has 522 valence electrons. The lowest BCUT2D eigenvalue weighted by Crippen LogP contribution is -2.29. The van der Waals surface area contributed by atoms with Crippen molar-refractivity contribution in [3.63, 3.8) is 0 Å². The number of rotatable bonds is 70. The minimum atomic E-state index is -4.41. The van der Waals surface area contributed by atoms with Gasteiger partial charge in [0.25, 0.3) is 0 Å². The lowest BCUT2D eigenvalue weighted by Gasteiger charge is -2.19. The van der Waals surface area contributed by atoms with Gasteiger partial charge in [-0.15, -0.1) is 0 Å². The average molecular weight is 1290 g/mol. The lowest BCUT2D eigenvalue weighted by molar-refractivity contribution is -0.161. The van der Waals surface area contributed by atoms with Crippen LogP contribution in [0, 0.1) is 0 Å². The summed E-state index contributed by atoms with van der Waals surface area (Å²) in [6, 6.07) is 0. The molecule has 10 heteroatoms. The van der Waals surface area contributed by atoms with Crippen LogP contribution in [-0.2, 0) is 32.7 Å². The number of unbranched alkanes of at least 4 members (excludes halogenated alkanes) is 35. The molecule has 0 aliphatic rings. The molecule has 0 bridgehead atoms. The zero-order valence-electron chi connectivity index (χ0n) is 58.8. The molecule has 0 spiro atoms. The van der Waals surface area contributed by atoms with Gasteiger partial charge in [-0.3, -0.25) is 18.6 Å². The average Bonchev–Trinajstić information content (AvgIpc) is 3.74. The topological polar surface area (TPSA) is 134 Å². The zero-order chi connectivity index (χ0) is 65.8. The van der Waals surface area contributed by atoms with E-state index >= 15 is 0 Å². The van der Waals surface area contributed by atoms with E-state index in [4.69, 9.17) is 24.3 Å². The Kier molecular flexibility index (Phi) is 72.0. The van der Waals surface area contributed by atoms with Gasteiger partial charge in [-0.2, -0.15) is 0 Å². The van der Waals surface area contributed by atoms with Crippen LogP contribution in [0.2, 0.25) is 0 Å². The fraction of sp³-hybridized carbons (Fsp3) is 0.704. The maximum Gasteiger partial charge on any atom is 0.472 e. The van der Waals surface area contributed by atoms with Crippen molar-refractivity contribution >= 4 is 19.8 Å². The van der Waals surface area contributed by atoms with E-state index in [1.54, 1.807) is 0 Å². The summed E-state index contributed by atoms with van der Waals surface area (Å²) in [6.45, 7) is 3.63. The van der Waals surface area contributed by atoms with Crippen LogP contribution in [0.1, 0.15) is 335 Å². The largest absolute Gasteiger partial charge is 0.472 e. The number of carbonyl (C=O) groups is 2. The van der Waals surface area contributed by atoms with Gasteiger partial charge in [0.05, 0.1) is 13.2 Å². The first kappa shape index (κ1) is 87.2. The standard InChI is InChI=1S/C81H140NO8P/c1-3-5-7-9-11-13-15-17-19-21-23-25-27-29-31-33-35-37-38-39-40-42-43-45-47-49-51-53-55-57-59-61-63-65-67-69-71-73-80(83)87-77-79(78-89-91(85,86)88-76-75-82)90-81(84)74-72-70-68-66-64-62-60-58-56-54-52-50-48-46-44-41-36-34-32-30-28-26-24-22-20-18-16-14-12-10-8-6-4-2/h6,8,12,14-15,17-18,20-21,23-24,26-27,29-30,32,36,41,46,48,52,54,79H,3-5,7,9-11,13,16,19,22,25,28,31,33-35,37-40,42-45,47,49-51,53,55-78,82H2,1-2H3,(H,85,86)/b8-6-,14-12-,17-15-,20-18-,23-21-,26-24-,29-27-,32-30-,41-36-,48-46-,54-52-. The molecule has 0 aliphatic carbocycles. The van der Waals surface area contributed by atoms with E-state index in [1.807, 2.05) is 0 Å². The maximum absolute atomic E-state index is 12.8. The summed E-state index contributed by atoms with van der Waals surface area (Å²) >= 11 is 0. The molecule has 0 aromatic heterocycles. The second-order valence-electron chi connectivity index (χ2n) is 24.8. The SMILES string of the molecule is CC/C=C\C/C=C\C/C=C\C/C=C\C/C=C\C/C=C\C/C=C\C/C=C\CCCCCCCCCCC(=O)OC(COC(=O)CCCCCCCCCCCCCCCCCCCCCCCC/C=C\C/C=C\C/C=C\CCCCCCC)COP(=O)(O)OCCN. The minimum absolute atomic E-state index is 0.0472. The van der Waals surface area contributed by atoms with Crippen molar-refractivity contribution < 1.29 is 37.6 Å². The van der Waals surface area contributed by atoms with Gasteiger partial charge >= 0.3 is 19.8 Å². The van der Waals surface area contributed by atoms with Crippen molar-refractivity contribution in [2.24, 2.45) is 5.73 Å². The molecule has 0 heterocycles. The minimum Gasteiger partial charge on any atom is -0.462 e. The van der Waals surface area contributed by atoms with Crippen molar-refractivity contribution in [1.29, 1.82) is 0 Å². The third-order valence-electron chi connectivity index (χ3n) is 16.0. The van der Waals surface area contributed by atoms with Gasteiger partial charge in [-0.05, 0) is 116 Å². The molecule has 0 aromatic carbocycles. The second-order valence-corrected chi connectivity index (χ2v) is 26.2. The molecule has 3 N–H and O–H groups in total. The van der Waals surface area contributed by atoms with Gasteiger partial charge in [-0.1, -0.05) is 340 Å². The summed E-state index contributed by atoms with van der Waals surface area (Å²) in [5.41, 5.74) is 5.41. The summed E-state index contributed by atoms with van der Waals surface area (Å²) in [4.78, 5) is 35.4. The highest BCUT2D eigenvalue weighted by atomic mass is 31.2. The van der Waals surface area contributed by atoms with Crippen LogP contribution < -0.4 is 5.73 Å². The Morgan fingerprint density at radius 3 is 0.901 bits per heavy atom.